The van der Waals surface area contributed by atoms with Crippen LogP contribution >= 0.6 is 0 Å². The maximum absolute atomic E-state index is 12.5. The van der Waals surface area contributed by atoms with Gasteiger partial charge in [0.15, 0.2) is 6.39 Å². The summed E-state index contributed by atoms with van der Waals surface area (Å²) in [6.45, 7) is 3.73. The minimum atomic E-state index is -0.659. The Kier molecular flexibility index (Phi) is 5.53. The standard InChI is InChI=1S/C17H18N2O6/c1-9(2)13-14(25-8-18-13)15(20)19-12-7-10(16(21)23-3)5-6-11(12)17(22)24-4/h5-9H,1-4H3,(H,19,20). The first kappa shape index (κ1) is 18.2. The smallest absolute Gasteiger partial charge is 0.339 e. The number of nitrogens with zero attached hydrogens (tertiary/aromatic N) is 1. The van der Waals surface area contributed by atoms with Crippen LogP contribution in [0.25, 0.3) is 0 Å². The average Bonchev–Trinajstić information content (AvgIpc) is 3.10. The minimum absolute atomic E-state index is 0.0269. The molecule has 0 unspecified atom stereocenters. The Labute approximate surface area is 144 Å². The number of anilines is 1. The molecule has 8 heteroatoms. The molecule has 0 aliphatic carbocycles. The molecule has 0 aliphatic rings. The molecule has 0 bridgehead atoms. The van der Waals surface area contributed by atoms with E-state index in [4.69, 9.17) is 9.15 Å². The van der Waals surface area contributed by atoms with E-state index in [2.05, 4.69) is 15.0 Å². The third-order valence-corrected chi connectivity index (χ3v) is 3.44. The first-order valence-corrected chi connectivity index (χ1v) is 7.44. The number of aromatic nitrogens is 1. The van der Waals surface area contributed by atoms with Gasteiger partial charge in [0.05, 0.1) is 36.7 Å². The number of amides is 1. The summed E-state index contributed by atoms with van der Waals surface area (Å²) in [7, 11) is 2.45. The Balaban J connectivity index is 2.41. The van der Waals surface area contributed by atoms with Crippen molar-refractivity contribution < 1.29 is 28.3 Å². The van der Waals surface area contributed by atoms with Crippen molar-refractivity contribution in [2.75, 3.05) is 19.5 Å². The van der Waals surface area contributed by atoms with Gasteiger partial charge < -0.3 is 19.2 Å². The summed E-state index contributed by atoms with van der Waals surface area (Å²) < 4.78 is 14.5. The van der Waals surface area contributed by atoms with Gasteiger partial charge in [0.2, 0.25) is 5.76 Å². The lowest BCUT2D eigenvalue weighted by atomic mass is 10.1. The van der Waals surface area contributed by atoms with Crippen molar-refractivity contribution in [1.82, 2.24) is 4.98 Å². The summed E-state index contributed by atoms with van der Waals surface area (Å²) in [5.41, 5.74) is 0.855. The largest absolute Gasteiger partial charge is 0.465 e. The van der Waals surface area contributed by atoms with Gasteiger partial charge in [-0.15, -0.1) is 0 Å². The zero-order valence-electron chi connectivity index (χ0n) is 14.3. The fraction of sp³-hybridized carbons (Fsp3) is 0.294. The summed E-state index contributed by atoms with van der Waals surface area (Å²) in [6.07, 6.45) is 1.18. The van der Waals surface area contributed by atoms with Gasteiger partial charge >= 0.3 is 11.9 Å². The monoisotopic (exact) mass is 346 g/mol. The maximum Gasteiger partial charge on any atom is 0.339 e. The third kappa shape index (κ3) is 3.85. The summed E-state index contributed by atoms with van der Waals surface area (Å²) in [4.78, 5) is 40.1. The van der Waals surface area contributed by atoms with Crippen LogP contribution in [0.4, 0.5) is 5.69 Å². The summed E-state index contributed by atoms with van der Waals surface area (Å²) in [5, 5.41) is 2.56. The van der Waals surface area contributed by atoms with Gasteiger partial charge in [0.1, 0.15) is 0 Å². The number of methoxy groups -OCH3 is 2. The fourth-order valence-corrected chi connectivity index (χ4v) is 2.20. The van der Waals surface area contributed by atoms with E-state index in [1.54, 1.807) is 0 Å². The fourth-order valence-electron chi connectivity index (χ4n) is 2.20. The Hall–Kier alpha value is -3.16. The third-order valence-electron chi connectivity index (χ3n) is 3.44. The number of oxazole rings is 1. The molecule has 1 aromatic heterocycles. The lowest BCUT2D eigenvalue weighted by Crippen LogP contribution is -2.17. The van der Waals surface area contributed by atoms with E-state index in [9.17, 15) is 14.4 Å². The number of nitrogens with one attached hydrogen (secondary N) is 1. The van der Waals surface area contributed by atoms with Crippen molar-refractivity contribution in [1.29, 1.82) is 0 Å². The number of ether oxygens (including phenoxy) is 2. The van der Waals surface area contributed by atoms with Gasteiger partial charge in [-0.25, -0.2) is 14.6 Å². The molecule has 0 aliphatic heterocycles. The van der Waals surface area contributed by atoms with Crippen LogP contribution in [0, 0.1) is 0 Å². The van der Waals surface area contributed by atoms with E-state index in [-0.39, 0.29) is 28.5 Å². The lowest BCUT2D eigenvalue weighted by molar-refractivity contribution is 0.0587. The first-order chi connectivity index (χ1) is 11.9. The van der Waals surface area contributed by atoms with Crippen LogP contribution in [0.3, 0.4) is 0 Å². The second-order valence-corrected chi connectivity index (χ2v) is 5.42. The summed E-state index contributed by atoms with van der Waals surface area (Å²) in [5.74, 6) is -1.84. The second-order valence-electron chi connectivity index (χ2n) is 5.42. The van der Waals surface area contributed by atoms with Gasteiger partial charge in [-0.05, 0) is 24.1 Å². The molecule has 132 valence electrons. The highest BCUT2D eigenvalue weighted by atomic mass is 16.5. The van der Waals surface area contributed by atoms with Crippen LogP contribution in [-0.2, 0) is 9.47 Å². The number of hydrogen-bond donors (Lipinski definition) is 1. The molecule has 2 aromatic rings. The molecule has 1 heterocycles. The maximum atomic E-state index is 12.5. The number of hydrogen-bond acceptors (Lipinski definition) is 7. The molecule has 0 saturated carbocycles. The van der Waals surface area contributed by atoms with Crippen molar-refractivity contribution >= 4 is 23.5 Å². The van der Waals surface area contributed by atoms with Crippen LogP contribution < -0.4 is 5.32 Å². The van der Waals surface area contributed by atoms with Crippen molar-refractivity contribution in [3.63, 3.8) is 0 Å². The van der Waals surface area contributed by atoms with Gasteiger partial charge in [0.25, 0.3) is 5.91 Å². The molecule has 1 amide bonds. The number of carbonyl (C=O) groups excluding carboxylic acids is 3. The molecular weight excluding hydrogens is 328 g/mol. The van der Waals surface area contributed by atoms with E-state index < -0.39 is 17.8 Å². The molecule has 0 fully saturated rings. The van der Waals surface area contributed by atoms with Gasteiger partial charge in [-0.1, -0.05) is 13.8 Å². The first-order valence-electron chi connectivity index (χ1n) is 7.44. The minimum Gasteiger partial charge on any atom is -0.465 e. The average molecular weight is 346 g/mol. The predicted molar refractivity (Wildman–Crippen MR) is 87.7 cm³/mol. The van der Waals surface area contributed by atoms with Crippen molar-refractivity contribution in [3.05, 3.63) is 47.2 Å². The predicted octanol–water partition coefficient (Wildman–Crippen LogP) is 2.62. The zero-order chi connectivity index (χ0) is 18.6. The topological polar surface area (TPSA) is 108 Å². The summed E-state index contributed by atoms with van der Waals surface area (Å²) in [6, 6.07) is 4.11. The van der Waals surface area contributed by atoms with Gasteiger partial charge in [-0.3, -0.25) is 4.79 Å². The Morgan fingerprint density at radius 1 is 1.12 bits per heavy atom. The molecule has 0 atom stereocenters. The van der Waals surface area contributed by atoms with Gasteiger partial charge in [-0.2, -0.15) is 0 Å². The molecule has 0 radical (unpaired) electrons. The Bertz CT molecular complexity index is 809. The van der Waals surface area contributed by atoms with Crippen molar-refractivity contribution in [3.8, 4) is 0 Å². The molecule has 1 aromatic carbocycles. The molecule has 2 rings (SSSR count). The number of carbonyl (C=O) groups is 3. The van der Waals surface area contributed by atoms with Crippen LogP contribution in [0.2, 0.25) is 0 Å². The summed E-state index contributed by atoms with van der Waals surface area (Å²) >= 11 is 0. The highest BCUT2D eigenvalue weighted by Gasteiger charge is 2.22. The van der Waals surface area contributed by atoms with Crippen molar-refractivity contribution in [2.24, 2.45) is 0 Å². The van der Waals surface area contributed by atoms with Crippen LogP contribution in [0.5, 0.6) is 0 Å². The van der Waals surface area contributed by atoms with E-state index in [1.165, 1.54) is 38.8 Å². The van der Waals surface area contributed by atoms with Crippen LogP contribution in [0.1, 0.15) is 56.7 Å². The quantitative estimate of drug-likeness (QED) is 0.829. The second kappa shape index (κ2) is 7.61. The molecule has 25 heavy (non-hydrogen) atoms. The lowest BCUT2D eigenvalue weighted by Gasteiger charge is -2.11. The van der Waals surface area contributed by atoms with E-state index >= 15 is 0 Å². The molecular formula is C17H18N2O6. The van der Waals surface area contributed by atoms with E-state index in [0.29, 0.717) is 5.69 Å². The van der Waals surface area contributed by atoms with Crippen molar-refractivity contribution in [2.45, 2.75) is 19.8 Å². The molecule has 1 N–H and O–H groups in total. The Morgan fingerprint density at radius 3 is 2.40 bits per heavy atom. The van der Waals surface area contributed by atoms with E-state index in [1.807, 2.05) is 13.8 Å². The SMILES string of the molecule is COC(=O)c1ccc(C(=O)OC)c(NC(=O)c2ocnc2C(C)C)c1. The van der Waals surface area contributed by atoms with Crippen LogP contribution in [-0.4, -0.2) is 37.0 Å². The Morgan fingerprint density at radius 2 is 1.80 bits per heavy atom. The van der Waals surface area contributed by atoms with Gasteiger partial charge in [0, 0.05) is 0 Å². The molecule has 0 spiro atoms. The van der Waals surface area contributed by atoms with Crippen LogP contribution in [0.15, 0.2) is 29.0 Å². The highest BCUT2D eigenvalue weighted by Crippen LogP contribution is 2.23. The molecule has 0 saturated heterocycles. The number of rotatable bonds is 5. The zero-order valence-corrected chi connectivity index (χ0v) is 14.3. The van der Waals surface area contributed by atoms with E-state index in [0.717, 1.165) is 0 Å². The number of benzene rings is 1. The normalized spacial score (nSPS) is 10.4. The molecule has 8 nitrogen and oxygen atoms in total. The number of esters is 2. The highest BCUT2D eigenvalue weighted by molar-refractivity contribution is 6.08.